The van der Waals surface area contributed by atoms with Crippen LogP contribution in [0.4, 0.5) is 0 Å². The van der Waals surface area contributed by atoms with E-state index in [1.54, 1.807) is 0 Å². The second-order valence-corrected chi connectivity index (χ2v) is 5.93. The first kappa shape index (κ1) is 19.8. The van der Waals surface area contributed by atoms with Gasteiger partial charge in [-0.25, -0.2) is 0 Å². The molecule has 0 aliphatic rings. The molecule has 0 radical (unpaired) electrons. The molecule has 5 nitrogen and oxygen atoms in total. The van der Waals surface area contributed by atoms with Crippen molar-refractivity contribution in [1.29, 1.82) is 0 Å². The molecule has 0 unspecified atom stereocenters. The molecule has 0 fully saturated rings. The molecule has 0 aromatic carbocycles. The molecule has 5 heteroatoms. The standard InChI is InChI=1S/C15H33NO4/c1-14(2)20-13-12-19-11-10-18-9-8-17-7-6-16-15(3,4)5/h14,16H,6-13H2,1-5H3. The van der Waals surface area contributed by atoms with Crippen LogP contribution in [0.25, 0.3) is 0 Å². The maximum atomic E-state index is 5.45. The third-order valence-electron chi connectivity index (χ3n) is 2.32. The van der Waals surface area contributed by atoms with Gasteiger partial charge in [0.05, 0.1) is 52.4 Å². The minimum atomic E-state index is 0.149. The second-order valence-electron chi connectivity index (χ2n) is 5.93. The van der Waals surface area contributed by atoms with Gasteiger partial charge in [-0.2, -0.15) is 0 Å². The van der Waals surface area contributed by atoms with Gasteiger partial charge in [0.25, 0.3) is 0 Å². The van der Waals surface area contributed by atoms with Crippen LogP contribution in [0.15, 0.2) is 0 Å². The molecule has 20 heavy (non-hydrogen) atoms. The normalized spacial score (nSPS) is 12.3. The summed E-state index contributed by atoms with van der Waals surface area (Å²) in [7, 11) is 0. The highest BCUT2D eigenvalue weighted by Crippen LogP contribution is 1.96. The third-order valence-corrected chi connectivity index (χ3v) is 2.32. The number of hydrogen-bond acceptors (Lipinski definition) is 5. The Balaban J connectivity index is 3.03. The smallest absolute Gasteiger partial charge is 0.0703 e. The molecule has 0 saturated heterocycles. The fourth-order valence-corrected chi connectivity index (χ4v) is 1.38. The highest BCUT2D eigenvalue weighted by molar-refractivity contribution is 4.69. The van der Waals surface area contributed by atoms with Crippen molar-refractivity contribution in [3.8, 4) is 0 Å². The van der Waals surface area contributed by atoms with Crippen molar-refractivity contribution in [1.82, 2.24) is 5.32 Å². The topological polar surface area (TPSA) is 49.0 Å². The summed E-state index contributed by atoms with van der Waals surface area (Å²) in [5, 5.41) is 3.36. The molecule has 0 bridgehead atoms. The monoisotopic (exact) mass is 291 g/mol. The first-order valence-electron chi connectivity index (χ1n) is 7.51. The molecule has 0 heterocycles. The predicted octanol–water partition coefficient (Wildman–Crippen LogP) is 1.85. The molecule has 0 rings (SSSR count). The van der Waals surface area contributed by atoms with Crippen molar-refractivity contribution in [2.24, 2.45) is 0 Å². The summed E-state index contributed by atoms with van der Waals surface area (Å²) in [5.41, 5.74) is 0.149. The van der Waals surface area contributed by atoms with E-state index in [-0.39, 0.29) is 11.6 Å². The van der Waals surface area contributed by atoms with Crippen LogP contribution in [0.5, 0.6) is 0 Å². The van der Waals surface area contributed by atoms with Crippen molar-refractivity contribution < 1.29 is 18.9 Å². The van der Waals surface area contributed by atoms with Crippen molar-refractivity contribution in [2.75, 3.05) is 52.8 Å². The van der Waals surface area contributed by atoms with Gasteiger partial charge >= 0.3 is 0 Å². The molecule has 0 saturated carbocycles. The summed E-state index contributed by atoms with van der Waals surface area (Å²) in [6.45, 7) is 15.7. The fraction of sp³-hybridized carbons (Fsp3) is 1.00. The first-order chi connectivity index (χ1) is 9.42. The Morgan fingerprint density at radius 1 is 0.750 bits per heavy atom. The van der Waals surface area contributed by atoms with E-state index >= 15 is 0 Å². The van der Waals surface area contributed by atoms with Crippen molar-refractivity contribution in [3.05, 3.63) is 0 Å². The van der Waals surface area contributed by atoms with E-state index in [0.717, 1.165) is 6.54 Å². The summed E-state index contributed by atoms with van der Waals surface area (Å²) in [4.78, 5) is 0. The molecule has 0 amide bonds. The van der Waals surface area contributed by atoms with Crippen molar-refractivity contribution in [2.45, 2.75) is 46.3 Å². The molecule has 1 N–H and O–H groups in total. The summed E-state index contributed by atoms with van der Waals surface area (Å²) in [5.74, 6) is 0. The minimum Gasteiger partial charge on any atom is -0.378 e. The Morgan fingerprint density at radius 2 is 1.20 bits per heavy atom. The summed E-state index contributed by atoms with van der Waals surface area (Å²) in [6, 6.07) is 0. The van der Waals surface area contributed by atoms with E-state index in [9.17, 15) is 0 Å². The molecule has 0 spiro atoms. The van der Waals surface area contributed by atoms with Crippen LogP contribution in [0.1, 0.15) is 34.6 Å². The van der Waals surface area contributed by atoms with E-state index < -0.39 is 0 Å². The van der Waals surface area contributed by atoms with Gasteiger partial charge in [-0.3, -0.25) is 0 Å². The zero-order chi connectivity index (χ0) is 15.3. The molecule has 0 atom stereocenters. The summed E-state index contributed by atoms with van der Waals surface area (Å²) >= 11 is 0. The Bertz CT molecular complexity index is 205. The number of hydrogen-bond donors (Lipinski definition) is 1. The maximum absolute atomic E-state index is 5.45. The maximum Gasteiger partial charge on any atom is 0.0703 e. The molecular weight excluding hydrogens is 258 g/mol. The van der Waals surface area contributed by atoms with E-state index in [1.807, 2.05) is 13.8 Å². The predicted molar refractivity (Wildman–Crippen MR) is 81.3 cm³/mol. The lowest BCUT2D eigenvalue weighted by Crippen LogP contribution is -2.38. The lowest BCUT2D eigenvalue weighted by Gasteiger charge is -2.20. The van der Waals surface area contributed by atoms with Gasteiger partial charge in [0.15, 0.2) is 0 Å². The van der Waals surface area contributed by atoms with Crippen LogP contribution < -0.4 is 5.32 Å². The van der Waals surface area contributed by atoms with E-state index in [2.05, 4.69) is 26.1 Å². The number of rotatable bonds is 13. The van der Waals surface area contributed by atoms with Gasteiger partial charge in [-0.1, -0.05) is 0 Å². The third kappa shape index (κ3) is 17.8. The summed E-state index contributed by atoms with van der Waals surface area (Å²) in [6.07, 6.45) is 0.264. The lowest BCUT2D eigenvalue weighted by atomic mass is 10.1. The highest BCUT2D eigenvalue weighted by atomic mass is 16.6. The van der Waals surface area contributed by atoms with Crippen LogP contribution in [-0.2, 0) is 18.9 Å². The molecule has 0 aliphatic heterocycles. The van der Waals surface area contributed by atoms with Crippen LogP contribution in [0.3, 0.4) is 0 Å². The van der Waals surface area contributed by atoms with Crippen LogP contribution in [0.2, 0.25) is 0 Å². The van der Waals surface area contributed by atoms with Crippen molar-refractivity contribution in [3.63, 3.8) is 0 Å². The van der Waals surface area contributed by atoms with Gasteiger partial charge in [-0.15, -0.1) is 0 Å². The summed E-state index contributed by atoms with van der Waals surface area (Å²) < 4.78 is 21.6. The Kier molecular flexibility index (Phi) is 12.4. The first-order valence-corrected chi connectivity index (χ1v) is 7.51. The van der Waals surface area contributed by atoms with Gasteiger partial charge in [0.2, 0.25) is 0 Å². The Hall–Kier alpha value is -0.200. The zero-order valence-corrected chi connectivity index (χ0v) is 13.9. The van der Waals surface area contributed by atoms with Crippen molar-refractivity contribution >= 4 is 0 Å². The van der Waals surface area contributed by atoms with Gasteiger partial charge in [-0.05, 0) is 34.6 Å². The number of nitrogens with one attached hydrogen (secondary N) is 1. The Labute approximate surface area is 124 Å². The molecule has 122 valence electrons. The molecular formula is C15H33NO4. The van der Waals surface area contributed by atoms with Gasteiger partial charge in [0.1, 0.15) is 0 Å². The molecule has 0 aromatic rings. The fourth-order valence-electron chi connectivity index (χ4n) is 1.38. The average molecular weight is 291 g/mol. The van der Waals surface area contributed by atoms with E-state index in [1.165, 1.54) is 0 Å². The van der Waals surface area contributed by atoms with E-state index in [0.29, 0.717) is 46.2 Å². The second kappa shape index (κ2) is 12.5. The SMILES string of the molecule is CC(C)OCCOCCOCCOCCNC(C)(C)C. The van der Waals surface area contributed by atoms with Gasteiger partial charge < -0.3 is 24.3 Å². The molecule has 0 aromatic heterocycles. The zero-order valence-electron chi connectivity index (χ0n) is 13.9. The minimum absolute atomic E-state index is 0.149. The van der Waals surface area contributed by atoms with Gasteiger partial charge in [0, 0.05) is 12.1 Å². The molecule has 0 aliphatic carbocycles. The van der Waals surface area contributed by atoms with Crippen LogP contribution >= 0.6 is 0 Å². The van der Waals surface area contributed by atoms with E-state index in [4.69, 9.17) is 18.9 Å². The van der Waals surface area contributed by atoms with Crippen LogP contribution in [0, 0.1) is 0 Å². The number of ether oxygens (including phenoxy) is 4. The highest BCUT2D eigenvalue weighted by Gasteiger charge is 2.06. The average Bonchev–Trinajstić information content (AvgIpc) is 2.33. The van der Waals surface area contributed by atoms with Crippen LogP contribution in [-0.4, -0.2) is 64.4 Å². The Morgan fingerprint density at radius 3 is 1.65 bits per heavy atom. The quantitative estimate of drug-likeness (QED) is 0.525. The lowest BCUT2D eigenvalue weighted by molar-refractivity contribution is -0.0116. The largest absolute Gasteiger partial charge is 0.378 e.